The highest BCUT2D eigenvalue weighted by Crippen LogP contribution is 2.26. The average Bonchev–Trinajstić information content (AvgIpc) is 2.38. The van der Waals surface area contributed by atoms with Crippen LogP contribution in [-0.2, 0) is 0 Å². The zero-order chi connectivity index (χ0) is 14.4. The van der Waals surface area contributed by atoms with Gasteiger partial charge in [-0.15, -0.1) is 0 Å². The Morgan fingerprint density at radius 1 is 1.47 bits per heavy atom. The summed E-state index contributed by atoms with van der Waals surface area (Å²) in [7, 11) is 2.02. The topological polar surface area (TPSA) is 29.3 Å². The van der Waals surface area contributed by atoms with E-state index in [0.29, 0.717) is 18.2 Å². The van der Waals surface area contributed by atoms with Gasteiger partial charge in [-0.1, -0.05) is 22.0 Å². The van der Waals surface area contributed by atoms with Crippen LogP contribution in [0.5, 0.6) is 0 Å². The van der Waals surface area contributed by atoms with Crippen molar-refractivity contribution in [2.75, 3.05) is 25.6 Å². The Labute approximate surface area is 128 Å². The predicted octanol–water partition coefficient (Wildman–Crippen LogP) is 3.66. The lowest BCUT2D eigenvalue weighted by Gasteiger charge is -2.33. The molecule has 108 valence electrons. The molecule has 1 rings (SSSR count). The third kappa shape index (κ3) is 4.74. The van der Waals surface area contributed by atoms with Gasteiger partial charge in [0.1, 0.15) is 5.82 Å². The summed E-state index contributed by atoms with van der Waals surface area (Å²) in [4.78, 5) is 2.17. The fourth-order valence-electron chi connectivity index (χ4n) is 2.08. The molecule has 5 heteroatoms. The molecule has 0 bridgehead atoms. The Kier molecular flexibility index (Phi) is 7.36. The van der Waals surface area contributed by atoms with E-state index >= 15 is 0 Å². The Morgan fingerprint density at radius 2 is 2.16 bits per heavy atom. The number of rotatable bonds is 7. The molecule has 0 spiro atoms. The number of likely N-dealkylation sites (N-methyl/N-ethyl adjacent to an activating group) is 1. The van der Waals surface area contributed by atoms with Crippen LogP contribution in [0.25, 0.3) is 0 Å². The Morgan fingerprint density at radius 3 is 2.68 bits per heavy atom. The van der Waals surface area contributed by atoms with E-state index in [1.54, 1.807) is 0 Å². The molecule has 2 nitrogen and oxygen atoms in total. The highest BCUT2D eigenvalue weighted by atomic mass is 79.9. The van der Waals surface area contributed by atoms with Crippen molar-refractivity contribution < 1.29 is 4.39 Å². The largest absolute Gasteiger partial charge is 0.329 e. The Bertz CT molecular complexity index is 403. The van der Waals surface area contributed by atoms with Gasteiger partial charge in [-0.05, 0) is 44.5 Å². The summed E-state index contributed by atoms with van der Waals surface area (Å²) in [5.74, 6) is 0.903. The minimum atomic E-state index is -0.200. The minimum absolute atomic E-state index is 0.0787. The highest BCUT2D eigenvalue weighted by molar-refractivity contribution is 9.10. The normalized spacial score (nSPS) is 14.7. The van der Waals surface area contributed by atoms with E-state index in [1.807, 2.05) is 30.9 Å². The van der Waals surface area contributed by atoms with Crippen LogP contribution in [0.1, 0.15) is 24.9 Å². The zero-order valence-corrected chi connectivity index (χ0v) is 14.1. The van der Waals surface area contributed by atoms with Gasteiger partial charge in [-0.2, -0.15) is 11.8 Å². The predicted molar refractivity (Wildman–Crippen MR) is 86.1 cm³/mol. The Balaban J connectivity index is 2.86. The molecule has 2 N–H and O–H groups in total. The first-order valence-electron chi connectivity index (χ1n) is 6.37. The molecular formula is C14H22BrFN2S. The first-order chi connectivity index (χ1) is 9.01. The van der Waals surface area contributed by atoms with Gasteiger partial charge in [0, 0.05) is 28.7 Å². The highest BCUT2D eigenvalue weighted by Gasteiger charge is 2.22. The van der Waals surface area contributed by atoms with E-state index in [0.717, 1.165) is 16.6 Å². The van der Waals surface area contributed by atoms with Crippen LogP contribution in [0.4, 0.5) is 4.39 Å². The van der Waals surface area contributed by atoms with Gasteiger partial charge in [0.05, 0.1) is 0 Å². The van der Waals surface area contributed by atoms with Crippen molar-refractivity contribution in [2.45, 2.75) is 25.4 Å². The first-order valence-corrected chi connectivity index (χ1v) is 8.55. The molecule has 2 atom stereocenters. The van der Waals surface area contributed by atoms with Gasteiger partial charge < -0.3 is 5.73 Å². The molecule has 2 unspecified atom stereocenters. The van der Waals surface area contributed by atoms with Crippen molar-refractivity contribution in [1.82, 2.24) is 4.90 Å². The van der Waals surface area contributed by atoms with Gasteiger partial charge in [0.25, 0.3) is 0 Å². The summed E-state index contributed by atoms with van der Waals surface area (Å²) >= 11 is 5.11. The molecule has 0 saturated heterocycles. The smallest absolute Gasteiger partial charge is 0.129 e. The molecule has 0 heterocycles. The quantitative estimate of drug-likeness (QED) is 0.815. The molecule has 0 aliphatic heterocycles. The number of hydrogen-bond acceptors (Lipinski definition) is 3. The lowest BCUT2D eigenvalue weighted by molar-refractivity contribution is 0.182. The second-order valence-electron chi connectivity index (χ2n) is 4.71. The molecular weight excluding hydrogens is 327 g/mol. The van der Waals surface area contributed by atoms with Gasteiger partial charge in [-0.25, -0.2) is 4.39 Å². The Hall–Kier alpha value is -0.100. The summed E-state index contributed by atoms with van der Waals surface area (Å²) in [5, 5.41) is 0. The summed E-state index contributed by atoms with van der Waals surface area (Å²) in [5.41, 5.74) is 6.52. The monoisotopic (exact) mass is 348 g/mol. The number of halogens is 2. The van der Waals surface area contributed by atoms with Crippen molar-refractivity contribution in [3.05, 3.63) is 34.1 Å². The molecule has 0 saturated carbocycles. The summed E-state index contributed by atoms with van der Waals surface area (Å²) < 4.78 is 14.8. The SMILES string of the molecule is CSCCC(C)N(C)C(CN)c1ccc(Br)cc1F. The van der Waals surface area contributed by atoms with Crippen LogP contribution in [0.15, 0.2) is 22.7 Å². The van der Waals surface area contributed by atoms with E-state index < -0.39 is 0 Å². The summed E-state index contributed by atoms with van der Waals surface area (Å²) in [6.45, 7) is 2.58. The van der Waals surface area contributed by atoms with E-state index in [1.165, 1.54) is 6.07 Å². The number of thioether (sulfide) groups is 1. The maximum Gasteiger partial charge on any atom is 0.129 e. The number of benzene rings is 1. The zero-order valence-electron chi connectivity index (χ0n) is 11.7. The van der Waals surface area contributed by atoms with Crippen molar-refractivity contribution >= 4 is 27.7 Å². The molecule has 0 aliphatic carbocycles. The van der Waals surface area contributed by atoms with Crippen LogP contribution in [0.2, 0.25) is 0 Å². The van der Waals surface area contributed by atoms with Crippen molar-refractivity contribution in [2.24, 2.45) is 5.73 Å². The van der Waals surface area contributed by atoms with Crippen LogP contribution >= 0.6 is 27.7 Å². The minimum Gasteiger partial charge on any atom is -0.329 e. The molecule has 0 aromatic heterocycles. The molecule has 0 fully saturated rings. The molecule has 19 heavy (non-hydrogen) atoms. The van der Waals surface area contributed by atoms with E-state index in [9.17, 15) is 4.39 Å². The fourth-order valence-corrected chi connectivity index (χ4v) is 2.99. The first kappa shape index (κ1) is 17.0. The van der Waals surface area contributed by atoms with Crippen LogP contribution in [0, 0.1) is 5.82 Å². The number of nitrogens with two attached hydrogens (primary N) is 1. The van der Waals surface area contributed by atoms with Gasteiger partial charge in [-0.3, -0.25) is 4.90 Å². The number of nitrogens with zero attached hydrogens (tertiary/aromatic N) is 1. The maximum absolute atomic E-state index is 14.0. The van der Waals surface area contributed by atoms with Crippen molar-refractivity contribution in [3.63, 3.8) is 0 Å². The van der Waals surface area contributed by atoms with E-state index in [4.69, 9.17) is 5.73 Å². The van der Waals surface area contributed by atoms with E-state index in [2.05, 4.69) is 34.0 Å². The van der Waals surface area contributed by atoms with Crippen LogP contribution in [0.3, 0.4) is 0 Å². The lowest BCUT2D eigenvalue weighted by Crippen LogP contribution is -2.37. The third-order valence-electron chi connectivity index (χ3n) is 3.47. The number of hydrogen-bond donors (Lipinski definition) is 1. The lowest BCUT2D eigenvalue weighted by atomic mass is 10.0. The van der Waals surface area contributed by atoms with E-state index in [-0.39, 0.29) is 11.9 Å². The molecule has 1 aromatic carbocycles. The second-order valence-corrected chi connectivity index (χ2v) is 6.61. The van der Waals surface area contributed by atoms with Gasteiger partial charge in [0.2, 0.25) is 0 Å². The molecule has 1 aromatic rings. The molecule has 0 amide bonds. The summed E-state index contributed by atoms with van der Waals surface area (Å²) in [6, 6.07) is 5.48. The average molecular weight is 349 g/mol. The third-order valence-corrected chi connectivity index (χ3v) is 4.61. The fraction of sp³-hybridized carbons (Fsp3) is 0.571. The van der Waals surface area contributed by atoms with Gasteiger partial charge in [0.15, 0.2) is 0 Å². The second kappa shape index (κ2) is 8.25. The van der Waals surface area contributed by atoms with Crippen molar-refractivity contribution in [1.29, 1.82) is 0 Å². The van der Waals surface area contributed by atoms with Gasteiger partial charge >= 0.3 is 0 Å². The van der Waals surface area contributed by atoms with Crippen LogP contribution < -0.4 is 5.73 Å². The molecule has 0 aliphatic rings. The summed E-state index contributed by atoms with van der Waals surface area (Å²) in [6.07, 6.45) is 3.17. The maximum atomic E-state index is 14.0. The van der Waals surface area contributed by atoms with Crippen LogP contribution in [-0.4, -0.2) is 36.5 Å². The standard InChI is InChI=1S/C14H22BrFN2S/c1-10(6-7-19-3)18(2)14(9-17)12-5-4-11(15)8-13(12)16/h4-5,8,10,14H,6-7,9,17H2,1-3H3. The molecule has 0 radical (unpaired) electrons. The van der Waals surface area contributed by atoms with Crippen molar-refractivity contribution in [3.8, 4) is 0 Å².